The van der Waals surface area contributed by atoms with Gasteiger partial charge in [0.05, 0.1) is 18.7 Å². The van der Waals surface area contributed by atoms with Crippen molar-refractivity contribution in [2.24, 2.45) is 22.2 Å². The average Bonchev–Trinajstić information content (AvgIpc) is 3.68. The molecular formula is C27H37N11O5. The van der Waals surface area contributed by atoms with Crippen LogP contribution in [0.4, 0.5) is 0 Å². The lowest BCUT2D eigenvalue weighted by atomic mass is 10.0. The van der Waals surface area contributed by atoms with E-state index < -0.39 is 47.9 Å². The lowest BCUT2D eigenvalue weighted by Crippen LogP contribution is -2.58. The van der Waals surface area contributed by atoms with E-state index in [-0.39, 0.29) is 44.6 Å². The molecule has 43 heavy (non-hydrogen) atoms. The van der Waals surface area contributed by atoms with E-state index in [9.17, 15) is 24.3 Å². The van der Waals surface area contributed by atoms with Gasteiger partial charge in [0.1, 0.15) is 18.1 Å². The predicted octanol–water partition coefficient (Wildman–Crippen LogP) is -1.92. The van der Waals surface area contributed by atoms with Gasteiger partial charge in [0, 0.05) is 43.2 Å². The normalized spacial score (nSPS) is 13.6. The number of carboxylic acids is 1. The Bertz CT molecular complexity index is 1340. The Balaban J connectivity index is 1.74. The van der Waals surface area contributed by atoms with Crippen molar-refractivity contribution < 1.29 is 24.3 Å². The van der Waals surface area contributed by atoms with Gasteiger partial charge in [-0.25, -0.2) is 14.8 Å². The second-order valence-electron chi connectivity index (χ2n) is 9.83. The number of guanidine groups is 1. The highest BCUT2D eigenvalue weighted by Gasteiger charge is 2.31. The number of carboxylic acid groups (broad SMARTS) is 1. The fourth-order valence-corrected chi connectivity index (χ4v) is 4.20. The topological polar surface area (TPSA) is 272 Å². The predicted molar refractivity (Wildman–Crippen MR) is 156 cm³/mol. The molecule has 0 radical (unpaired) electrons. The van der Waals surface area contributed by atoms with Crippen LogP contribution >= 0.6 is 0 Å². The zero-order valence-corrected chi connectivity index (χ0v) is 23.4. The number of aliphatic imine (C=N–C) groups is 1. The van der Waals surface area contributed by atoms with Crippen LogP contribution in [0.5, 0.6) is 0 Å². The Hall–Kier alpha value is -5.25. The van der Waals surface area contributed by atoms with E-state index in [4.69, 9.17) is 17.2 Å². The first kappa shape index (κ1) is 32.3. The summed E-state index contributed by atoms with van der Waals surface area (Å²) >= 11 is 0. The number of aromatic amines is 2. The molecule has 0 aliphatic heterocycles. The minimum atomic E-state index is -1.26. The van der Waals surface area contributed by atoms with Crippen molar-refractivity contribution in [2.45, 2.75) is 56.3 Å². The summed E-state index contributed by atoms with van der Waals surface area (Å²) in [7, 11) is 0. The lowest BCUT2D eigenvalue weighted by molar-refractivity contribution is -0.142. The van der Waals surface area contributed by atoms with Crippen molar-refractivity contribution in [3.8, 4) is 0 Å². The van der Waals surface area contributed by atoms with Gasteiger partial charge in [-0.2, -0.15) is 0 Å². The van der Waals surface area contributed by atoms with Crippen LogP contribution < -0.4 is 33.2 Å². The lowest BCUT2D eigenvalue weighted by Gasteiger charge is -2.25. The molecule has 3 aromatic rings. The summed E-state index contributed by atoms with van der Waals surface area (Å²) in [6.07, 6.45) is 6.39. The van der Waals surface area contributed by atoms with Gasteiger partial charge in [0.2, 0.25) is 17.7 Å². The number of H-pyrrole nitrogens is 2. The van der Waals surface area contributed by atoms with Gasteiger partial charge in [0.25, 0.3) is 0 Å². The van der Waals surface area contributed by atoms with Crippen LogP contribution in [0.15, 0.2) is 60.4 Å². The molecule has 0 bridgehead atoms. The number of carbonyl (C=O) groups is 4. The van der Waals surface area contributed by atoms with Crippen LogP contribution in [-0.2, 0) is 38.4 Å². The summed E-state index contributed by atoms with van der Waals surface area (Å²) in [6.45, 7) is 0.178. The minimum Gasteiger partial charge on any atom is -0.480 e. The second-order valence-corrected chi connectivity index (χ2v) is 9.83. The number of carbonyl (C=O) groups excluding carboxylic acids is 3. The Kier molecular flexibility index (Phi) is 12.2. The summed E-state index contributed by atoms with van der Waals surface area (Å²) in [5.41, 5.74) is 18.7. The number of rotatable bonds is 17. The zero-order valence-electron chi connectivity index (χ0n) is 23.4. The van der Waals surface area contributed by atoms with Crippen LogP contribution in [0.25, 0.3) is 0 Å². The highest BCUT2D eigenvalue weighted by Crippen LogP contribution is 2.07. The molecule has 16 heteroatoms. The van der Waals surface area contributed by atoms with E-state index in [2.05, 4.69) is 40.9 Å². The maximum Gasteiger partial charge on any atom is 0.326 e. The van der Waals surface area contributed by atoms with Crippen molar-refractivity contribution >= 4 is 29.7 Å². The molecule has 0 saturated carbocycles. The zero-order chi connectivity index (χ0) is 31.2. The van der Waals surface area contributed by atoms with Gasteiger partial charge in [-0.3, -0.25) is 19.4 Å². The Labute approximate surface area is 247 Å². The van der Waals surface area contributed by atoms with Gasteiger partial charge in [-0.15, -0.1) is 0 Å². The highest BCUT2D eigenvalue weighted by atomic mass is 16.4. The Morgan fingerprint density at radius 3 is 1.84 bits per heavy atom. The molecule has 0 spiro atoms. The molecule has 1 aromatic carbocycles. The Morgan fingerprint density at radius 2 is 1.35 bits per heavy atom. The van der Waals surface area contributed by atoms with Gasteiger partial charge >= 0.3 is 5.97 Å². The standard InChI is InChI=1S/C27H37N11O5/c28-19(9-16-5-2-1-3-6-16)23(39)37-21(10-17-12-31-14-34-17)25(41)38-22(11-18-13-32-15-35-18)24(40)36-20(26(42)43)7-4-8-33-27(29)30/h1-3,5-6,12-15,19-22H,4,7-11,28H2,(H,31,34)(H,32,35)(H,36,40)(H,37,39)(H,38,41)(H,42,43)(H4,29,30,33). The van der Waals surface area contributed by atoms with E-state index >= 15 is 0 Å². The summed E-state index contributed by atoms with van der Waals surface area (Å²) in [6, 6.07) is 4.63. The maximum atomic E-state index is 13.6. The van der Waals surface area contributed by atoms with Gasteiger partial charge < -0.3 is 48.2 Å². The van der Waals surface area contributed by atoms with Crippen LogP contribution in [0.3, 0.4) is 0 Å². The van der Waals surface area contributed by atoms with Crippen molar-refractivity contribution in [1.29, 1.82) is 0 Å². The highest BCUT2D eigenvalue weighted by molar-refractivity contribution is 5.94. The number of benzene rings is 1. The second kappa shape index (κ2) is 16.3. The smallest absolute Gasteiger partial charge is 0.326 e. The first-order chi connectivity index (χ1) is 20.6. The van der Waals surface area contributed by atoms with Crippen LogP contribution in [-0.4, -0.2) is 85.4 Å². The van der Waals surface area contributed by atoms with Crippen LogP contribution in [0.2, 0.25) is 0 Å². The molecule has 16 nitrogen and oxygen atoms in total. The molecule has 3 amide bonds. The van der Waals surface area contributed by atoms with Crippen LogP contribution in [0, 0.1) is 0 Å². The number of nitrogens with one attached hydrogen (secondary N) is 5. The SMILES string of the molecule is NC(N)=NCCCC(NC(=O)C(Cc1cnc[nH]1)NC(=O)C(Cc1cnc[nH]1)NC(=O)C(N)Cc1ccccc1)C(=O)O. The van der Waals surface area contributed by atoms with E-state index in [0.29, 0.717) is 11.4 Å². The van der Waals surface area contributed by atoms with E-state index in [1.165, 1.54) is 25.0 Å². The number of nitrogens with two attached hydrogens (primary N) is 3. The van der Waals surface area contributed by atoms with Crippen molar-refractivity contribution in [3.05, 3.63) is 72.3 Å². The number of hydrogen-bond donors (Lipinski definition) is 9. The quantitative estimate of drug-likeness (QED) is 0.0474. The molecule has 0 fully saturated rings. The molecule has 0 aliphatic carbocycles. The average molecular weight is 596 g/mol. The third kappa shape index (κ3) is 10.9. The summed E-state index contributed by atoms with van der Waals surface area (Å²) in [5.74, 6) is -3.39. The van der Waals surface area contributed by atoms with Crippen LogP contribution in [0.1, 0.15) is 29.8 Å². The molecule has 4 atom stereocenters. The minimum absolute atomic E-state index is 0.0244. The maximum absolute atomic E-state index is 13.6. The summed E-state index contributed by atoms with van der Waals surface area (Å²) < 4.78 is 0. The first-order valence-electron chi connectivity index (χ1n) is 13.6. The van der Waals surface area contributed by atoms with Crippen molar-refractivity contribution in [1.82, 2.24) is 35.9 Å². The summed E-state index contributed by atoms with van der Waals surface area (Å²) in [5, 5.41) is 17.5. The molecule has 3 rings (SSSR count). The third-order valence-electron chi connectivity index (χ3n) is 6.42. The molecule has 4 unspecified atom stereocenters. The van der Waals surface area contributed by atoms with E-state index in [1.54, 1.807) is 0 Å². The fraction of sp³-hybridized carbons (Fsp3) is 0.370. The Morgan fingerprint density at radius 1 is 0.814 bits per heavy atom. The summed E-state index contributed by atoms with van der Waals surface area (Å²) in [4.78, 5) is 69.2. The number of nitrogens with zero attached hydrogens (tertiary/aromatic N) is 3. The fourth-order valence-electron chi connectivity index (χ4n) is 4.20. The van der Waals surface area contributed by atoms with Gasteiger partial charge in [-0.1, -0.05) is 30.3 Å². The number of imidazole rings is 2. The number of aromatic nitrogens is 4. The molecule has 12 N–H and O–H groups in total. The van der Waals surface area contributed by atoms with Gasteiger partial charge in [-0.05, 0) is 24.8 Å². The van der Waals surface area contributed by atoms with Gasteiger partial charge in [0.15, 0.2) is 5.96 Å². The third-order valence-corrected chi connectivity index (χ3v) is 6.42. The molecule has 0 saturated heterocycles. The largest absolute Gasteiger partial charge is 0.480 e. The molecule has 2 heterocycles. The monoisotopic (exact) mass is 595 g/mol. The van der Waals surface area contributed by atoms with E-state index in [0.717, 1.165) is 5.56 Å². The van der Waals surface area contributed by atoms with E-state index in [1.807, 2.05) is 30.3 Å². The molecule has 0 aliphatic rings. The molecule has 2 aromatic heterocycles. The first-order valence-corrected chi connectivity index (χ1v) is 13.6. The molecular weight excluding hydrogens is 558 g/mol. The number of hydrogen-bond acceptors (Lipinski definition) is 8. The number of amides is 3. The molecule has 230 valence electrons. The van der Waals surface area contributed by atoms with Crippen molar-refractivity contribution in [3.63, 3.8) is 0 Å². The number of aliphatic carboxylic acids is 1. The van der Waals surface area contributed by atoms with Crippen molar-refractivity contribution in [2.75, 3.05) is 6.54 Å².